The third-order valence-electron chi connectivity index (χ3n) is 2.53. The molecule has 0 saturated carbocycles. The molecule has 0 aromatic carbocycles. The predicted molar refractivity (Wildman–Crippen MR) is 70.0 cm³/mol. The number of halogens is 1. The van der Waals surface area contributed by atoms with Crippen LogP contribution in [0.15, 0.2) is 22.8 Å². The lowest BCUT2D eigenvalue weighted by Gasteiger charge is -2.08. The van der Waals surface area contributed by atoms with E-state index in [1.54, 1.807) is 4.52 Å². The molecule has 2 N–H and O–H groups in total. The second-order valence-corrected chi connectivity index (χ2v) is 5.00. The third-order valence-corrected chi connectivity index (χ3v) is 2.99. The Morgan fingerprint density at radius 2 is 2.35 bits per heavy atom. The van der Waals surface area contributed by atoms with Crippen molar-refractivity contribution in [2.45, 2.75) is 13.3 Å². The molecular weight excluding hydrogens is 284 g/mol. The molecule has 2 aromatic rings. The van der Waals surface area contributed by atoms with E-state index in [9.17, 15) is 0 Å². The van der Waals surface area contributed by atoms with Gasteiger partial charge in [-0.25, -0.2) is 4.52 Å². The Morgan fingerprint density at radius 3 is 3.12 bits per heavy atom. The number of nitrogens with zero attached hydrogens (tertiary/aromatic N) is 3. The van der Waals surface area contributed by atoms with Gasteiger partial charge in [0.1, 0.15) is 0 Å². The maximum Gasteiger partial charge on any atom is 0.243 e. The van der Waals surface area contributed by atoms with Crippen LogP contribution >= 0.6 is 15.9 Å². The molecule has 0 bridgehead atoms. The van der Waals surface area contributed by atoms with Crippen molar-refractivity contribution in [3.05, 3.63) is 22.8 Å². The molecular formula is C11H15BrN4O. The Balaban J connectivity index is 2.04. The number of nitrogens with one attached hydrogen (secondary N) is 1. The number of fused-ring (bicyclic) bond motifs is 1. The van der Waals surface area contributed by atoms with Crippen LogP contribution in [-0.4, -0.2) is 32.9 Å². The van der Waals surface area contributed by atoms with E-state index in [4.69, 9.17) is 5.11 Å². The molecule has 0 saturated heterocycles. The molecule has 1 unspecified atom stereocenters. The minimum absolute atomic E-state index is 0.217. The van der Waals surface area contributed by atoms with Crippen LogP contribution in [0.4, 0.5) is 5.95 Å². The molecule has 5 nitrogen and oxygen atoms in total. The van der Waals surface area contributed by atoms with Crippen LogP contribution < -0.4 is 5.32 Å². The molecule has 0 aliphatic rings. The molecule has 0 aliphatic carbocycles. The third kappa shape index (κ3) is 3.17. The summed E-state index contributed by atoms with van der Waals surface area (Å²) in [4.78, 5) is 4.34. The van der Waals surface area contributed by atoms with Gasteiger partial charge in [-0.05, 0) is 40.4 Å². The highest BCUT2D eigenvalue weighted by molar-refractivity contribution is 9.10. The van der Waals surface area contributed by atoms with Crippen molar-refractivity contribution in [1.29, 1.82) is 0 Å². The highest BCUT2D eigenvalue weighted by atomic mass is 79.9. The van der Waals surface area contributed by atoms with Gasteiger partial charge < -0.3 is 10.4 Å². The van der Waals surface area contributed by atoms with Crippen molar-refractivity contribution >= 4 is 27.5 Å². The van der Waals surface area contributed by atoms with E-state index in [0.29, 0.717) is 11.9 Å². The van der Waals surface area contributed by atoms with E-state index in [0.717, 1.165) is 23.1 Å². The van der Waals surface area contributed by atoms with Crippen LogP contribution in [-0.2, 0) is 0 Å². The number of aromatic nitrogens is 3. The molecule has 92 valence electrons. The van der Waals surface area contributed by atoms with E-state index >= 15 is 0 Å². The lowest BCUT2D eigenvalue weighted by molar-refractivity contribution is 0.265. The Kier molecular flexibility index (Phi) is 3.96. The smallest absolute Gasteiger partial charge is 0.243 e. The molecule has 2 aromatic heterocycles. The first kappa shape index (κ1) is 12.3. The van der Waals surface area contributed by atoms with Gasteiger partial charge in [-0.15, -0.1) is 5.10 Å². The number of rotatable bonds is 5. The number of hydrogen-bond acceptors (Lipinski definition) is 4. The number of aliphatic hydroxyl groups is 1. The second-order valence-electron chi connectivity index (χ2n) is 4.08. The Morgan fingerprint density at radius 1 is 1.53 bits per heavy atom. The van der Waals surface area contributed by atoms with Crippen LogP contribution in [0.2, 0.25) is 0 Å². The van der Waals surface area contributed by atoms with Crippen LogP contribution in [0.3, 0.4) is 0 Å². The molecule has 2 heterocycles. The van der Waals surface area contributed by atoms with E-state index < -0.39 is 0 Å². The van der Waals surface area contributed by atoms with E-state index in [-0.39, 0.29) is 6.61 Å². The summed E-state index contributed by atoms with van der Waals surface area (Å²) >= 11 is 3.39. The average molecular weight is 299 g/mol. The number of pyridine rings is 1. The summed E-state index contributed by atoms with van der Waals surface area (Å²) < 4.78 is 2.69. The van der Waals surface area contributed by atoms with Crippen molar-refractivity contribution in [1.82, 2.24) is 14.6 Å². The van der Waals surface area contributed by atoms with Gasteiger partial charge in [-0.1, -0.05) is 6.92 Å². The standard InChI is InChI=1S/C11H15BrN4O/c1-8(4-5-17)6-13-11-14-10-3-2-9(12)7-16(10)15-11/h2-3,7-8,17H,4-6H2,1H3,(H,13,15). The molecule has 2 rings (SSSR count). The fourth-order valence-electron chi connectivity index (χ4n) is 1.52. The van der Waals surface area contributed by atoms with Crippen molar-refractivity contribution < 1.29 is 5.11 Å². The highest BCUT2D eigenvalue weighted by Crippen LogP contribution is 2.12. The fraction of sp³-hybridized carbons (Fsp3) is 0.455. The second kappa shape index (κ2) is 5.46. The Labute approximate surface area is 108 Å². The van der Waals surface area contributed by atoms with Crippen LogP contribution in [0.5, 0.6) is 0 Å². The zero-order chi connectivity index (χ0) is 12.3. The molecule has 0 spiro atoms. The van der Waals surface area contributed by atoms with Gasteiger partial charge in [0.2, 0.25) is 5.95 Å². The van der Waals surface area contributed by atoms with Crippen molar-refractivity contribution in [3.8, 4) is 0 Å². The Bertz CT molecular complexity index is 499. The van der Waals surface area contributed by atoms with Gasteiger partial charge in [0.25, 0.3) is 0 Å². The number of hydrogen-bond donors (Lipinski definition) is 2. The minimum atomic E-state index is 0.217. The van der Waals surface area contributed by atoms with Gasteiger partial charge in [-0.3, -0.25) is 0 Å². The van der Waals surface area contributed by atoms with Gasteiger partial charge >= 0.3 is 0 Å². The van der Waals surface area contributed by atoms with Gasteiger partial charge in [0.15, 0.2) is 5.65 Å². The Hall–Kier alpha value is -1.14. The first-order valence-corrected chi connectivity index (χ1v) is 6.35. The highest BCUT2D eigenvalue weighted by Gasteiger charge is 2.05. The lowest BCUT2D eigenvalue weighted by atomic mass is 10.1. The van der Waals surface area contributed by atoms with Crippen molar-refractivity contribution in [3.63, 3.8) is 0 Å². The molecule has 0 amide bonds. The summed E-state index contributed by atoms with van der Waals surface area (Å²) in [5, 5.41) is 16.3. The molecule has 6 heteroatoms. The fourth-order valence-corrected chi connectivity index (χ4v) is 1.85. The van der Waals surface area contributed by atoms with Crippen LogP contribution in [0.1, 0.15) is 13.3 Å². The SMILES string of the molecule is CC(CCO)CNc1nc2ccc(Br)cn2n1. The molecule has 0 aliphatic heterocycles. The monoisotopic (exact) mass is 298 g/mol. The minimum Gasteiger partial charge on any atom is -0.396 e. The van der Waals surface area contributed by atoms with E-state index in [2.05, 4.69) is 38.3 Å². The van der Waals surface area contributed by atoms with Crippen LogP contribution in [0.25, 0.3) is 5.65 Å². The predicted octanol–water partition coefficient (Wildman–Crippen LogP) is 1.92. The molecule has 1 atom stereocenters. The first-order chi connectivity index (χ1) is 8.19. The quantitative estimate of drug-likeness (QED) is 0.885. The van der Waals surface area contributed by atoms with Crippen molar-refractivity contribution in [2.75, 3.05) is 18.5 Å². The summed E-state index contributed by atoms with van der Waals surface area (Å²) in [6.45, 7) is 3.06. The zero-order valence-electron chi connectivity index (χ0n) is 9.60. The molecule has 0 radical (unpaired) electrons. The normalized spacial score (nSPS) is 12.9. The summed E-state index contributed by atoms with van der Waals surface area (Å²) in [6.07, 6.45) is 2.65. The zero-order valence-corrected chi connectivity index (χ0v) is 11.2. The summed E-state index contributed by atoms with van der Waals surface area (Å²) in [7, 11) is 0. The largest absolute Gasteiger partial charge is 0.396 e. The van der Waals surface area contributed by atoms with E-state index in [1.807, 2.05) is 18.3 Å². The lowest BCUT2D eigenvalue weighted by Crippen LogP contribution is -2.13. The first-order valence-electron chi connectivity index (χ1n) is 5.55. The maximum absolute atomic E-state index is 8.81. The van der Waals surface area contributed by atoms with Crippen molar-refractivity contribution in [2.24, 2.45) is 5.92 Å². The number of aliphatic hydroxyl groups excluding tert-OH is 1. The van der Waals surface area contributed by atoms with Gasteiger partial charge in [0.05, 0.1) is 0 Å². The van der Waals surface area contributed by atoms with Gasteiger partial charge in [-0.2, -0.15) is 4.98 Å². The summed E-state index contributed by atoms with van der Waals surface area (Å²) in [5.74, 6) is 1.02. The van der Waals surface area contributed by atoms with E-state index in [1.165, 1.54) is 0 Å². The average Bonchev–Trinajstić information content (AvgIpc) is 2.68. The van der Waals surface area contributed by atoms with Gasteiger partial charge in [0, 0.05) is 23.8 Å². The molecule has 0 fully saturated rings. The summed E-state index contributed by atoms with van der Waals surface area (Å²) in [5.41, 5.74) is 0.811. The topological polar surface area (TPSA) is 62.5 Å². The summed E-state index contributed by atoms with van der Waals surface area (Å²) in [6, 6.07) is 3.83. The number of anilines is 1. The molecule has 17 heavy (non-hydrogen) atoms. The maximum atomic E-state index is 8.81. The van der Waals surface area contributed by atoms with Crippen LogP contribution in [0, 0.1) is 5.92 Å².